The van der Waals surface area contributed by atoms with Crippen LogP contribution in [-0.2, 0) is 11.2 Å². The Labute approximate surface area is 125 Å². The topological polar surface area (TPSA) is 64.3 Å². The molecule has 0 atom stereocenters. The Hall–Kier alpha value is -1.26. The molecule has 1 rings (SSSR count). The van der Waals surface area contributed by atoms with Gasteiger partial charge in [-0.1, -0.05) is 11.6 Å². The summed E-state index contributed by atoms with van der Waals surface area (Å²) in [6.45, 7) is 6.15. The quantitative estimate of drug-likeness (QED) is 0.808. The molecule has 0 heterocycles. The summed E-state index contributed by atoms with van der Waals surface area (Å²) in [6, 6.07) is 5.42. The summed E-state index contributed by atoms with van der Waals surface area (Å²) in [5, 5.41) is 3.42. The Morgan fingerprint density at radius 2 is 2.05 bits per heavy atom. The van der Waals surface area contributed by atoms with E-state index in [2.05, 4.69) is 5.32 Å². The van der Waals surface area contributed by atoms with Gasteiger partial charge in [0.25, 0.3) is 0 Å². The van der Waals surface area contributed by atoms with Crippen molar-refractivity contribution in [3.05, 3.63) is 28.8 Å². The largest absolute Gasteiger partial charge is 0.444 e. The van der Waals surface area contributed by atoms with Crippen LogP contribution in [-0.4, -0.2) is 18.2 Å². The molecule has 0 saturated carbocycles. The third kappa shape index (κ3) is 6.26. The van der Waals surface area contributed by atoms with Crippen molar-refractivity contribution < 1.29 is 9.53 Å². The minimum Gasteiger partial charge on any atom is -0.444 e. The van der Waals surface area contributed by atoms with Crippen LogP contribution in [0.3, 0.4) is 0 Å². The fourth-order valence-corrected chi connectivity index (χ4v) is 1.94. The number of anilines is 1. The van der Waals surface area contributed by atoms with Crippen LogP contribution in [0.15, 0.2) is 18.2 Å². The molecule has 0 saturated heterocycles. The molecule has 1 aromatic carbocycles. The Morgan fingerprint density at radius 1 is 1.35 bits per heavy atom. The summed E-state index contributed by atoms with van der Waals surface area (Å²) in [4.78, 5) is 11.7. The van der Waals surface area contributed by atoms with Crippen LogP contribution in [0.1, 0.15) is 39.2 Å². The zero-order valence-corrected chi connectivity index (χ0v) is 13.1. The van der Waals surface area contributed by atoms with Crippen molar-refractivity contribution in [3.8, 4) is 0 Å². The zero-order valence-electron chi connectivity index (χ0n) is 12.3. The maximum absolute atomic E-state index is 11.7. The van der Waals surface area contributed by atoms with E-state index in [1.165, 1.54) is 0 Å². The van der Waals surface area contributed by atoms with Crippen molar-refractivity contribution in [2.24, 2.45) is 5.73 Å². The van der Waals surface area contributed by atoms with Crippen LogP contribution in [0.2, 0.25) is 5.02 Å². The molecule has 1 aromatic rings. The molecule has 0 aromatic heterocycles. The van der Waals surface area contributed by atoms with Crippen molar-refractivity contribution >= 4 is 23.4 Å². The van der Waals surface area contributed by atoms with Gasteiger partial charge >= 0.3 is 6.09 Å². The molecule has 0 aliphatic carbocycles. The van der Waals surface area contributed by atoms with Crippen molar-refractivity contribution in [3.63, 3.8) is 0 Å². The molecule has 1 amide bonds. The molecule has 5 heteroatoms. The number of benzene rings is 1. The average Bonchev–Trinajstić information content (AvgIpc) is 2.31. The smallest absolute Gasteiger partial charge is 0.412 e. The van der Waals surface area contributed by atoms with Gasteiger partial charge in [0.15, 0.2) is 0 Å². The fraction of sp³-hybridized carbons (Fsp3) is 0.533. The van der Waals surface area contributed by atoms with Gasteiger partial charge in [-0.2, -0.15) is 0 Å². The van der Waals surface area contributed by atoms with Gasteiger partial charge < -0.3 is 10.5 Å². The number of carbonyl (C=O) groups is 1. The maximum Gasteiger partial charge on any atom is 0.412 e. The number of nitrogens with two attached hydrogens (primary N) is 1. The number of nitrogens with one attached hydrogen (secondary N) is 1. The highest BCUT2D eigenvalue weighted by Crippen LogP contribution is 2.23. The number of halogens is 1. The highest BCUT2D eigenvalue weighted by atomic mass is 35.5. The van der Waals surface area contributed by atoms with Gasteiger partial charge in [0.2, 0.25) is 0 Å². The number of rotatable bonds is 5. The number of hydrogen-bond acceptors (Lipinski definition) is 3. The molecule has 112 valence electrons. The van der Waals surface area contributed by atoms with Crippen LogP contribution < -0.4 is 11.1 Å². The Kier molecular flexibility index (Phi) is 6.30. The zero-order chi connectivity index (χ0) is 15.2. The van der Waals surface area contributed by atoms with Crippen LogP contribution in [0.25, 0.3) is 0 Å². The summed E-state index contributed by atoms with van der Waals surface area (Å²) in [7, 11) is 0. The molecule has 0 spiro atoms. The van der Waals surface area contributed by atoms with E-state index >= 15 is 0 Å². The van der Waals surface area contributed by atoms with Gasteiger partial charge in [-0.3, -0.25) is 5.32 Å². The first kappa shape index (κ1) is 16.8. The van der Waals surface area contributed by atoms with Gasteiger partial charge in [0.1, 0.15) is 5.60 Å². The third-order valence-electron chi connectivity index (χ3n) is 2.59. The second kappa shape index (κ2) is 7.50. The molecule has 20 heavy (non-hydrogen) atoms. The molecular weight excluding hydrogens is 276 g/mol. The van der Waals surface area contributed by atoms with Gasteiger partial charge in [0.05, 0.1) is 0 Å². The monoisotopic (exact) mass is 298 g/mol. The molecule has 0 radical (unpaired) electrons. The molecule has 0 fully saturated rings. The SMILES string of the molecule is CC(C)(C)OC(=O)Nc1ccc(Cl)c(CCCCN)c1. The first-order valence-corrected chi connectivity index (χ1v) is 7.18. The molecule has 3 N–H and O–H groups in total. The van der Waals surface area contributed by atoms with Crippen LogP contribution in [0.5, 0.6) is 0 Å². The lowest BCUT2D eigenvalue weighted by molar-refractivity contribution is 0.0636. The summed E-state index contributed by atoms with van der Waals surface area (Å²) in [6.07, 6.45) is 2.32. The normalized spacial score (nSPS) is 11.2. The number of ether oxygens (including phenoxy) is 1. The summed E-state index contributed by atoms with van der Waals surface area (Å²) in [5.74, 6) is 0. The molecule has 0 bridgehead atoms. The van der Waals surface area contributed by atoms with E-state index in [1.54, 1.807) is 12.1 Å². The first-order valence-electron chi connectivity index (χ1n) is 6.80. The first-order chi connectivity index (χ1) is 9.31. The van der Waals surface area contributed by atoms with E-state index in [1.807, 2.05) is 26.8 Å². The van der Waals surface area contributed by atoms with Gasteiger partial charge in [-0.15, -0.1) is 0 Å². The van der Waals surface area contributed by atoms with Crippen molar-refractivity contribution in [1.82, 2.24) is 0 Å². The number of aryl methyl sites for hydroxylation is 1. The average molecular weight is 299 g/mol. The summed E-state index contributed by atoms with van der Waals surface area (Å²) < 4.78 is 5.21. The van der Waals surface area contributed by atoms with E-state index in [9.17, 15) is 4.79 Å². The molecule has 4 nitrogen and oxygen atoms in total. The minimum atomic E-state index is -0.513. The lowest BCUT2D eigenvalue weighted by Gasteiger charge is -2.20. The maximum atomic E-state index is 11.7. The van der Waals surface area contributed by atoms with Gasteiger partial charge in [-0.05, 0) is 70.3 Å². The summed E-state index contributed by atoms with van der Waals surface area (Å²) in [5.41, 5.74) is 6.66. The van der Waals surface area contributed by atoms with Gasteiger partial charge in [0, 0.05) is 10.7 Å². The van der Waals surface area contributed by atoms with Crippen molar-refractivity contribution in [1.29, 1.82) is 0 Å². The Balaban J connectivity index is 2.67. The number of unbranched alkanes of at least 4 members (excludes halogenated alkanes) is 1. The van der Waals surface area contributed by atoms with Crippen LogP contribution in [0, 0.1) is 0 Å². The second-order valence-electron chi connectivity index (χ2n) is 5.68. The number of amides is 1. The molecule has 0 aliphatic heterocycles. The van der Waals surface area contributed by atoms with Crippen LogP contribution in [0.4, 0.5) is 10.5 Å². The number of carbonyl (C=O) groups excluding carboxylic acids is 1. The Bertz CT molecular complexity index is 456. The third-order valence-corrected chi connectivity index (χ3v) is 2.96. The van der Waals surface area contributed by atoms with E-state index in [-0.39, 0.29) is 0 Å². The summed E-state index contributed by atoms with van der Waals surface area (Å²) >= 11 is 6.14. The van der Waals surface area contributed by atoms with E-state index in [0.29, 0.717) is 17.3 Å². The lowest BCUT2D eigenvalue weighted by Crippen LogP contribution is -2.27. The highest BCUT2D eigenvalue weighted by molar-refractivity contribution is 6.31. The second-order valence-corrected chi connectivity index (χ2v) is 6.09. The van der Waals surface area contributed by atoms with E-state index < -0.39 is 11.7 Å². The fourth-order valence-electron chi connectivity index (χ4n) is 1.73. The predicted octanol–water partition coefficient (Wildman–Crippen LogP) is 3.97. The molecular formula is C15H23ClN2O2. The van der Waals surface area contributed by atoms with Crippen molar-refractivity contribution in [2.45, 2.75) is 45.6 Å². The van der Waals surface area contributed by atoms with Crippen molar-refractivity contribution in [2.75, 3.05) is 11.9 Å². The predicted molar refractivity (Wildman–Crippen MR) is 83.3 cm³/mol. The van der Waals surface area contributed by atoms with Gasteiger partial charge in [-0.25, -0.2) is 4.79 Å². The molecule has 0 unspecified atom stereocenters. The van der Waals surface area contributed by atoms with E-state index in [0.717, 1.165) is 24.8 Å². The lowest BCUT2D eigenvalue weighted by atomic mass is 10.1. The van der Waals surface area contributed by atoms with Crippen LogP contribution >= 0.6 is 11.6 Å². The Morgan fingerprint density at radius 3 is 2.65 bits per heavy atom. The highest BCUT2D eigenvalue weighted by Gasteiger charge is 2.16. The number of hydrogen-bond donors (Lipinski definition) is 2. The standard InChI is InChI=1S/C15H23ClN2O2/c1-15(2,3)20-14(19)18-12-7-8-13(16)11(10-12)6-4-5-9-17/h7-8,10H,4-6,9,17H2,1-3H3,(H,18,19). The molecule has 0 aliphatic rings. The van der Waals surface area contributed by atoms with E-state index in [4.69, 9.17) is 22.1 Å². The minimum absolute atomic E-state index is 0.465.